The van der Waals surface area contributed by atoms with E-state index in [1.54, 1.807) is 0 Å². The van der Waals surface area contributed by atoms with E-state index in [-0.39, 0.29) is 30.7 Å². The van der Waals surface area contributed by atoms with Crippen LogP contribution in [0.4, 0.5) is 11.4 Å². The lowest BCUT2D eigenvalue weighted by atomic mass is 10.2. The molecule has 1 amide bonds. The Balaban J connectivity index is 0.00000288. The summed E-state index contributed by atoms with van der Waals surface area (Å²) in [4.78, 5) is 14.2. The molecule has 0 aliphatic heterocycles. The molecule has 0 unspecified atom stereocenters. The van der Waals surface area contributed by atoms with Crippen LogP contribution < -0.4 is 15.5 Å². The second kappa shape index (κ2) is 12.6. The van der Waals surface area contributed by atoms with Crippen LogP contribution in [0.5, 0.6) is 0 Å². The van der Waals surface area contributed by atoms with Gasteiger partial charge in [0.25, 0.3) is 0 Å². The molecule has 0 radical (unpaired) electrons. The molecule has 0 aliphatic carbocycles. The van der Waals surface area contributed by atoms with Gasteiger partial charge in [0.2, 0.25) is 5.91 Å². The molecular weight excluding hydrogens is 357 g/mol. The zero-order valence-corrected chi connectivity index (χ0v) is 16.3. The Bertz CT molecular complexity index is 623. The summed E-state index contributed by atoms with van der Waals surface area (Å²) in [5.74, 6) is 0.0563. The number of amides is 1. The normalized spacial score (nSPS) is 9.52. The maximum absolute atomic E-state index is 12.1. The molecule has 4 nitrogen and oxygen atoms in total. The van der Waals surface area contributed by atoms with Crippen molar-refractivity contribution in [2.45, 2.75) is 19.4 Å². The fourth-order valence-electron chi connectivity index (χ4n) is 2.49. The van der Waals surface area contributed by atoms with Gasteiger partial charge in [-0.25, -0.2) is 0 Å². The van der Waals surface area contributed by atoms with Crippen LogP contribution >= 0.6 is 24.8 Å². The van der Waals surface area contributed by atoms with Crippen LogP contribution in [0.1, 0.15) is 18.4 Å². The number of halogens is 2. The van der Waals surface area contributed by atoms with E-state index in [2.05, 4.69) is 27.7 Å². The standard InChI is InChI=1S/C19H25N3O.2ClH/c1-20-14-8-13-19(23)21-17-11-6-7-12-18(17)22(2)15-16-9-4-3-5-10-16;;/h3-7,9-12,20H,8,13-15H2,1-2H3,(H,21,23);2*1H. The fraction of sp³-hybridized carbons (Fsp3) is 0.316. The van der Waals surface area contributed by atoms with E-state index in [1.807, 2.05) is 56.6 Å². The van der Waals surface area contributed by atoms with E-state index < -0.39 is 0 Å². The van der Waals surface area contributed by atoms with Gasteiger partial charge in [-0.15, -0.1) is 24.8 Å². The number of benzene rings is 2. The third-order valence-electron chi connectivity index (χ3n) is 3.68. The van der Waals surface area contributed by atoms with Gasteiger partial charge in [-0.1, -0.05) is 42.5 Å². The lowest BCUT2D eigenvalue weighted by Gasteiger charge is -2.23. The zero-order chi connectivity index (χ0) is 16.5. The first-order valence-corrected chi connectivity index (χ1v) is 7.99. The van der Waals surface area contributed by atoms with Gasteiger partial charge in [0.1, 0.15) is 0 Å². The minimum absolute atomic E-state index is 0. The van der Waals surface area contributed by atoms with Gasteiger partial charge in [0.15, 0.2) is 0 Å². The Hall–Kier alpha value is -1.75. The number of anilines is 2. The lowest BCUT2D eigenvalue weighted by Crippen LogP contribution is -2.20. The number of para-hydroxylation sites is 2. The predicted octanol–water partition coefficient (Wildman–Crippen LogP) is 4.10. The highest BCUT2D eigenvalue weighted by atomic mass is 35.5. The van der Waals surface area contributed by atoms with Crippen LogP contribution in [0.2, 0.25) is 0 Å². The summed E-state index contributed by atoms with van der Waals surface area (Å²) >= 11 is 0. The summed E-state index contributed by atoms with van der Waals surface area (Å²) in [5, 5.41) is 6.08. The van der Waals surface area contributed by atoms with Gasteiger partial charge in [0, 0.05) is 20.0 Å². The Labute approximate surface area is 162 Å². The van der Waals surface area contributed by atoms with E-state index in [0.717, 1.165) is 30.9 Å². The molecule has 0 aromatic heterocycles. The second-order valence-electron chi connectivity index (χ2n) is 5.61. The molecule has 0 aliphatic rings. The first-order chi connectivity index (χ1) is 11.2. The predicted molar refractivity (Wildman–Crippen MR) is 111 cm³/mol. The smallest absolute Gasteiger partial charge is 0.224 e. The van der Waals surface area contributed by atoms with E-state index in [0.29, 0.717) is 6.42 Å². The summed E-state index contributed by atoms with van der Waals surface area (Å²) in [6.45, 7) is 1.65. The van der Waals surface area contributed by atoms with Crippen LogP contribution in [0.15, 0.2) is 54.6 Å². The minimum Gasteiger partial charge on any atom is -0.369 e. The summed E-state index contributed by atoms with van der Waals surface area (Å²) in [6.07, 6.45) is 1.36. The van der Waals surface area contributed by atoms with Gasteiger partial charge in [-0.2, -0.15) is 0 Å². The van der Waals surface area contributed by atoms with Crippen LogP contribution in [0.3, 0.4) is 0 Å². The molecule has 2 aromatic rings. The third-order valence-corrected chi connectivity index (χ3v) is 3.68. The number of carbonyl (C=O) groups is 1. The van der Waals surface area contributed by atoms with Gasteiger partial charge < -0.3 is 15.5 Å². The number of nitrogens with one attached hydrogen (secondary N) is 2. The fourth-order valence-corrected chi connectivity index (χ4v) is 2.49. The van der Waals surface area contributed by atoms with Gasteiger partial charge in [-0.05, 0) is 37.7 Å². The van der Waals surface area contributed by atoms with E-state index in [1.165, 1.54) is 5.56 Å². The van der Waals surface area contributed by atoms with E-state index in [9.17, 15) is 4.79 Å². The largest absolute Gasteiger partial charge is 0.369 e. The van der Waals surface area contributed by atoms with E-state index >= 15 is 0 Å². The van der Waals surface area contributed by atoms with Crippen LogP contribution in [-0.2, 0) is 11.3 Å². The summed E-state index contributed by atoms with van der Waals surface area (Å²) in [6, 6.07) is 18.2. The average molecular weight is 384 g/mol. The molecule has 0 spiro atoms. The zero-order valence-electron chi connectivity index (χ0n) is 14.7. The molecule has 25 heavy (non-hydrogen) atoms. The lowest BCUT2D eigenvalue weighted by molar-refractivity contribution is -0.116. The monoisotopic (exact) mass is 383 g/mol. The number of nitrogens with zero attached hydrogens (tertiary/aromatic N) is 1. The maximum Gasteiger partial charge on any atom is 0.224 e. The van der Waals surface area contributed by atoms with Crippen molar-refractivity contribution >= 4 is 42.1 Å². The van der Waals surface area contributed by atoms with Crippen molar-refractivity contribution in [1.29, 1.82) is 0 Å². The number of hydrogen-bond acceptors (Lipinski definition) is 3. The molecule has 0 heterocycles. The molecular formula is C19H27Cl2N3O. The Morgan fingerprint density at radius 2 is 1.64 bits per heavy atom. The maximum atomic E-state index is 12.1. The van der Waals surface area contributed by atoms with Crippen molar-refractivity contribution in [3.05, 3.63) is 60.2 Å². The second-order valence-corrected chi connectivity index (χ2v) is 5.61. The SMILES string of the molecule is CNCCCC(=O)Nc1ccccc1N(C)Cc1ccccc1.Cl.Cl. The van der Waals surface area contributed by atoms with Crippen LogP contribution in [0.25, 0.3) is 0 Å². The van der Waals surface area contributed by atoms with Crippen molar-refractivity contribution in [3.63, 3.8) is 0 Å². The molecule has 0 saturated heterocycles. The highest BCUT2D eigenvalue weighted by Gasteiger charge is 2.10. The Morgan fingerprint density at radius 3 is 2.32 bits per heavy atom. The van der Waals surface area contributed by atoms with Crippen LogP contribution in [0, 0.1) is 0 Å². The third kappa shape index (κ3) is 7.78. The molecule has 2 rings (SSSR count). The van der Waals surface area contributed by atoms with Crippen molar-refractivity contribution in [1.82, 2.24) is 5.32 Å². The first-order valence-electron chi connectivity index (χ1n) is 7.99. The molecule has 2 N–H and O–H groups in total. The van der Waals surface area contributed by atoms with Gasteiger partial charge in [-0.3, -0.25) is 4.79 Å². The molecule has 2 aromatic carbocycles. The first kappa shape index (κ1) is 23.2. The van der Waals surface area contributed by atoms with Gasteiger partial charge >= 0.3 is 0 Å². The highest BCUT2D eigenvalue weighted by Crippen LogP contribution is 2.26. The number of rotatable bonds is 8. The van der Waals surface area contributed by atoms with Crippen molar-refractivity contribution in [2.75, 3.05) is 30.9 Å². The van der Waals surface area contributed by atoms with E-state index in [4.69, 9.17) is 0 Å². The molecule has 138 valence electrons. The topological polar surface area (TPSA) is 44.4 Å². The number of carbonyl (C=O) groups excluding carboxylic acids is 1. The van der Waals surface area contributed by atoms with Crippen molar-refractivity contribution in [2.24, 2.45) is 0 Å². The molecule has 0 saturated carbocycles. The highest BCUT2D eigenvalue weighted by molar-refractivity contribution is 5.94. The van der Waals surface area contributed by atoms with Crippen LogP contribution in [-0.4, -0.2) is 26.5 Å². The molecule has 6 heteroatoms. The minimum atomic E-state index is 0. The summed E-state index contributed by atoms with van der Waals surface area (Å²) < 4.78 is 0. The summed E-state index contributed by atoms with van der Waals surface area (Å²) in [5.41, 5.74) is 3.13. The van der Waals surface area contributed by atoms with Crippen molar-refractivity contribution in [3.8, 4) is 0 Å². The van der Waals surface area contributed by atoms with Crippen molar-refractivity contribution < 1.29 is 4.79 Å². The quantitative estimate of drug-likeness (QED) is 0.674. The molecule has 0 atom stereocenters. The number of hydrogen-bond donors (Lipinski definition) is 2. The molecule has 0 fully saturated rings. The Morgan fingerprint density at radius 1 is 1.00 bits per heavy atom. The summed E-state index contributed by atoms with van der Waals surface area (Å²) in [7, 11) is 3.94. The van der Waals surface area contributed by atoms with Gasteiger partial charge in [0.05, 0.1) is 11.4 Å². The molecule has 0 bridgehead atoms. The average Bonchev–Trinajstić information content (AvgIpc) is 2.56. The Kier molecular flexibility index (Phi) is 11.7.